The van der Waals surface area contributed by atoms with Gasteiger partial charge in [-0.05, 0) is 31.2 Å². The molecule has 0 aliphatic heterocycles. The van der Waals surface area contributed by atoms with Gasteiger partial charge in [0.25, 0.3) is 0 Å². The normalized spacial score (nSPS) is 9.83. The molecule has 0 bridgehead atoms. The van der Waals surface area contributed by atoms with Gasteiger partial charge in [-0.3, -0.25) is 0 Å². The minimum absolute atomic E-state index is 0.349. The summed E-state index contributed by atoms with van der Waals surface area (Å²) in [6, 6.07) is 6.51. The zero-order valence-electron chi connectivity index (χ0n) is 9.92. The number of carboxylic acid groups (broad SMARTS) is 1. The number of benzene rings is 1. The van der Waals surface area contributed by atoms with Gasteiger partial charge in [-0.2, -0.15) is 0 Å². The van der Waals surface area contributed by atoms with E-state index in [0.717, 1.165) is 0 Å². The van der Waals surface area contributed by atoms with Crippen LogP contribution in [0.15, 0.2) is 24.3 Å². The summed E-state index contributed by atoms with van der Waals surface area (Å²) >= 11 is 0. The molecule has 0 unspecified atom stereocenters. The third-order valence-electron chi connectivity index (χ3n) is 1.81. The van der Waals surface area contributed by atoms with E-state index in [4.69, 9.17) is 14.6 Å². The highest BCUT2D eigenvalue weighted by Crippen LogP contribution is 2.17. The molecule has 0 atom stereocenters. The lowest BCUT2D eigenvalue weighted by atomic mass is 10.3. The van der Waals surface area contributed by atoms with Crippen molar-refractivity contribution >= 4 is 11.9 Å². The molecule has 1 rings (SSSR count). The highest BCUT2D eigenvalue weighted by Gasteiger charge is 2.06. The van der Waals surface area contributed by atoms with Gasteiger partial charge in [-0.25, -0.2) is 9.59 Å². The van der Waals surface area contributed by atoms with Crippen molar-refractivity contribution in [3.05, 3.63) is 24.3 Å². The second-order valence-corrected chi connectivity index (χ2v) is 3.27. The fourth-order valence-electron chi connectivity index (χ4n) is 1.15. The molecule has 98 valence electrons. The van der Waals surface area contributed by atoms with Crippen LogP contribution in [0.2, 0.25) is 0 Å². The molecule has 1 aromatic carbocycles. The molecule has 18 heavy (non-hydrogen) atoms. The molecule has 0 aliphatic carbocycles. The Morgan fingerprint density at radius 2 is 1.72 bits per heavy atom. The topological polar surface area (TPSA) is 82.1 Å². The number of rotatable bonds is 7. The van der Waals surface area contributed by atoms with Crippen molar-refractivity contribution in [3.8, 4) is 11.5 Å². The summed E-state index contributed by atoms with van der Waals surface area (Å²) in [5.41, 5.74) is 0. The van der Waals surface area contributed by atoms with E-state index in [9.17, 15) is 9.59 Å². The largest absolute Gasteiger partial charge is 0.494 e. The lowest BCUT2D eigenvalue weighted by Crippen LogP contribution is -2.18. The molecular formula is C12H14O6. The Bertz CT molecular complexity index is 398. The summed E-state index contributed by atoms with van der Waals surface area (Å²) in [4.78, 5) is 21.4. The molecule has 0 spiro atoms. The number of ether oxygens (including phenoxy) is 3. The van der Waals surface area contributed by atoms with Crippen LogP contribution >= 0.6 is 0 Å². The zero-order valence-corrected chi connectivity index (χ0v) is 9.92. The smallest absolute Gasteiger partial charge is 0.337 e. The van der Waals surface area contributed by atoms with E-state index in [0.29, 0.717) is 18.1 Å². The second-order valence-electron chi connectivity index (χ2n) is 3.27. The van der Waals surface area contributed by atoms with Gasteiger partial charge in [0.05, 0.1) is 6.61 Å². The molecule has 0 aliphatic rings. The summed E-state index contributed by atoms with van der Waals surface area (Å²) in [7, 11) is 0. The highest BCUT2D eigenvalue weighted by atomic mass is 16.6. The quantitative estimate of drug-likeness (QED) is 0.579. The first kappa shape index (κ1) is 14.0. The Morgan fingerprint density at radius 1 is 1.11 bits per heavy atom. The summed E-state index contributed by atoms with van der Waals surface area (Å²) in [5, 5.41) is 8.31. The molecule has 0 aromatic heterocycles. The number of carbonyl (C=O) groups excluding carboxylic acids is 1. The first-order chi connectivity index (χ1) is 8.61. The predicted molar refractivity (Wildman–Crippen MR) is 61.7 cm³/mol. The Kier molecular flexibility index (Phi) is 5.66. The average Bonchev–Trinajstić information content (AvgIpc) is 2.31. The van der Waals surface area contributed by atoms with Crippen molar-refractivity contribution in [2.45, 2.75) is 6.92 Å². The van der Waals surface area contributed by atoms with Crippen molar-refractivity contribution in [2.24, 2.45) is 0 Å². The summed E-state index contributed by atoms with van der Waals surface area (Å²) in [6.07, 6.45) is 0. The minimum atomic E-state index is -1.14. The number of carbonyl (C=O) groups is 2. The Morgan fingerprint density at radius 3 is 2.28 bits per heavy atom. The molecule has 0 heterocycles. The van der Waals surface area contributed by atoms with Crippen molar-refractivity contribution in [1.82, 2.24) is 0 Å². The van der Waals surface area contributed by atoms with E-state index >= 15 is 0 Å². The summed E-state index contributed by atoms with van der Waals surface area (Å²) in [5.74, 6) is -0.758. The molecule has 0 saturated heterocycles. The van der Waals surface area contributed by atoms with Gasteiger partial charge in [-0.1, -0.05) is 0 Å². The minimum Gasteiger partial charge on any atom is -0.494 e. The number of hydrogen-bond donors (Lipinski definition) is 1. The van der Waals surface area contributed by atoms with Gasteiger partial charge >= 0.3 is 11.9 Å². The maximum absolute atomic E-state index is 11.2. The van der Waals surface area contributed by atoms with Crippen LogP contribution in [0.4, 0.5) is 0 Å². The molecule has 0 fully saturated rings. The van der Waals surface area contributed by atoms with E-state index < -0.39 is 25.2 Å². The van der Waals surface area contributed by atoms with Crippen LogP contribution in [-0.2, 0) is 14.3 Å². The molecule has 1 aromatic rings. The zero-order chi connectivity index (χ0) is 13.4. The van der Waals surface area contributed by atoms with Gasteiger partial charge < -0.3 is 19.3 Å². The van der Waals surface area contributed by atoms with Crippen LogP contribution < -0.4 is 9.47 Å². The SMILES string of the molecule is CCOc1ccc(OC(=O)COCC(=O)O)cc1. The number of hydrogen-bond acceptors (Lipinski definition) is 5. The predicted octanol–water partition coefficient (Wildman–Crippen LogP) is 1.09. The van der Waals surface area contributed by atoms with Crippen LogP contribution in [0, 0.1) is 0 Å². The van der Waals surface area contributed by atoms with E-state index in [1.165, 1.54) is 0 Å². The molecule has 6 heteroatoms. The van der Waals surface area contributed by atoms with Crippen LogP contribution in [0.5, 0.6) is 11.5 Å². The Hall–Kier alpha value is -2.08. The highest BCUT2D eigenvalue weighted by molar-refractivity contribution is 5.74. The van der Waals surface area contributed by atoms with E-state index in [2.05, 4.69) is 4.74 Å². The lowest BCUT2D eigenvalue weighted by molar-refractivity contribution is -0.147. The maximum atomic E-state index is 11.2. The molecule has 6 nitrogen and oxygen atoms in total. The standard InChI is InChI=1S/C12H14O6/c1-2-17-9-3-5-10(6-4-9)18-12(15)8-16-7-11(13)14/h3-6H,2,7-8H2,1H3,(H,13,14). The van der Waals surface area contributed by atoms with E-state index in [1.54, 1.807) is 24.3 Å². The van der Waals surface area contributed by atoms with Gasteiger partial charge in [0.15, 0.2) is 0 Å². The molecule has 0 saturated carbocycles. The number of esters is 1. The second kappa shape index (κ2) is 7.29. The van der Waals surface area contributed by atoms with Crippen molar-refractivity contribution in [1.29, 1.82) is 0 Å². The average molecular weight is 254 g/mol. The third-order valence-corrected chi connectivity index (χ3v) is 1.81. The van der Waals surface area contributed by atoms with Gasteiger partial charge in [0.1, 0.15) is 24.7 Å². The molecule has 0 amide bonds. The van der Waals surface area contributed by atoms with E-state index in [1.807, 2.05) is 6.92 Å². The summed E-state index contributed by atoms with van der Waals surface area (Å²) < 4.78 is 14.7. The monoisotopic (exact) mass is 254 g/mol. The van der Waals surface area contributed by atoms with Crippen molar-refractivity contribution < 1.29 is 28.9 Å². The Labute approximate surface area is 104 Å². The first-order valence-corrected chi connectivity index (χ1v) is 5.35. The maximum Gasteiger partial charge on any atom is 0.337 e. The van der Waals surface area contributed by atoms with Crippen LogP contribution in [0.25, 0.3) is 0 Å². The van der Waals surface area contributed by atoms with Crippen LogP contribution in [0.1, 0.15) is 6.92 Å². The van der Waals surface area contributed by atoms with Gasteiger partial charge in [-0.15, -0.1) is 0 Å². The molecule has 1 N–H and O–H groups in total. The van der Waals surface area contributed by atoms with Crippen molar-refractivity contribution in [2.75, 3.05) is 19.8 Å². The van der Waals surface area contributed by atoms with Crippen LogP contribution in [0.3, 0.4) is 0 Å². The number of carboxylic acids is 1. The first-order valence-electron chi connectivity index (χ1n) is 5.35. The van der Waals surface area contributed by atoms with Gasteiger partial charge in [0, 0.05) is 0 Å². The fourth-order valence-corrected chi connectivity index (χ4v) is 1.15. The lowest BCUT2D eigenvalue weighted by Gasteiger charge is -2.06. The molecular weight excluding hydrogens is 240 g/mol. The van der Waals surface area contributed by atoms with Crippen molar-refractivity contribution in [3.63, 3.8) is 0 Å². The van der Waals surface area contributed by atoms with Gasteiger partial charge in [0.2, 0.25) is 0 Å². The van der Waals surface area contributed by atoms with Crippen LogP contribution in [-0.4, -0.2) is 36.9 Å². The Balaban J connectivity index is 2.37. The summed E-state index contributed by atoms with van der Waals surface area (Å²) in [6.45, 7) is 1.49. The number of aliphatic carboxylic acids is 1. The fraction of sp³-hybridized carbons (Fsp3) is 0.333. The van der Waals surface area contributed by atoms with E-state index in [-0.39, 0.29) is 0 Å². The molecule has 0 radical (unpaired) electrons. The third kappa shape index (κ3) is 5.31.